The molecular formula is C22H35N5O. The maximum atomic E-state index is 5.88. The third-order valence-electron chi connectivity index (χ3n) is 5.75. The van der Waals surface area contributed by atoms with Gasteiger partial charge in [-0.3, -0.25) is 4.99 Å². The first-order valence-electron chi connectivity index (χ1n) is 10.5. The van der Waals surface area contributed by atoms with E-state index >= 15 is 0 Å². The Labute approximate surface area is 169 Å². The van der Waals surface area contributed by atoms with Crippen molar-refractivity contribution in [2.24, 2.45) is 10.7 Å². The lowest BCUT2D eigenvalue weighted by molar-refractivity contribution is 0.0534. The Morgan fingerprint density at radius 3 is 2.82 bits per heavy atom. The van der Waals surface area contributed by atoms with Crippen LogP contribution in [0, 0.1) is 6.92 Å². The van der Waals surface area contributed by atoms with Gasteiger partial charge in [-0.25, -0.2) is 4.98 Å². The highest BCUT2D eigenvalue weighted by atomic mass is 16.5. The molecule has 0 spiro atoms. The van der Waals surface area contributed by atoms with Crippen molar-refractivity contribution in [1.29, 1.82) is 0 Å². The quantitative estimate of drug-likeness (QED) is 0.734. The van der Waals surface area contributed by atoms with Crippen LogP contribution in [0.5, 0.6) is 0 Å². The predicted molar refractivity (Wildman–Crippen MR) is 116 cm³/mol. The van der Waals surface area contributed by atoms with Gasteiger partial charge in [0.2, 0.25) is 0 Å². The molecule has 3 rings (SSSR count). The number of ether oxygens (including phenoxy) is 1. The minimum Gasteiger partial charge on any atom is -0.402 e. The van der Waals surface area contributed by atoms with E-state index < -0.39 is 0 Å². The summed E-state index contributed by atoms with van der Waals surface area (Å²) in [5.41, 5.74) is 8.43. The average Bonchev–Trinajstić information content (AvgIpc) is 2.69. The molecule has 3 N–H and O–H groups in total. The van der Waals surface area contributed by atoms with E-state index in [0.29, 0.717) is 12.1 Å². The molecule has 1 saturated heterocycles. The van der Waals surface area contributed by atoms with Crippen molar-refractivity contribution in [2.75, 3.05) is 25.1 Å². The van der Waals surface area contributed by atoms with Gasteiger partial charge in [0, 0.05) is 50.4 Å². The lowest BCUT2D eigenvalue weighted by atomic mass is 9.92. The van der Waals surface area contributed by atoms with E-state index in [-0.39, 0.29) is 6.10 Å². The molecule has 1 saturated carbocycles. The zero-order valence-electron chi connectivity index (χ0n) is 17.5. The van der Waals surface area contributed by atoms with Crippen LogP contribution in [0.2, 0.25) is 0 Å². The first-order chi connectivity index (χ1) is 13.6. The minimum atomic E-state index is 0.154. The summed E-state index contributed by atoms with van der Waals surface area (Å²) < 4.78 is 5.88. The maximum Gasteiger partial charge on any atom is 0.154 e. The minimum absolute atomic E-state index is 0.154. The van der Waals surface area contributed by atoms with Crippen LogP contribution < -0.4 is 16.0 Å². The summed E-state index contributed by atoms with van der Waals surface area (Å²) >= 11 is 0. The molecular weight excluding hydrogens is 350 g/mol. The number of nitrogens with two attached hydrogens (primary N) is 1. The lowest BCUT2D eigenvalue weighted by Crippen LogP contribution is -2.56. The van der Waals surface area contributed by atoms with Crippen LogP contribution in [0.3, 0.4) is 0 Å². The average molecular weight is 386 g/mol. The van der Waals surface area contributed by atoms with Crippen molar-refractivity contribution in [3.05, 3.63) is 29.6 Å². The second kappa shape index (κ2) is 10.0. The van der Waals surface area contributed by atoms with Crippen LogP contribution in [0.25, 0.3) is 0 Å². The van der Waals surface area contributed by atoms with E-state index in [2.05, 4.69) is 21.3 Å². The highest BCUT2D eigenvalue weighted by Gasteiger charge is 2.32. The molecule has 0 amide bonds. The summed E-state index contributed by atoms with van der Waals surface area (Å²) in [4.78, 5) is 11.6. The number of nitrogens with one attached hydrogen (secondary N) is 1. The summed E-state index contributed by atoms with van der Waals surface area (Å²) in [5, 5.41) is 3.88. The summed E-state index contributed by atoms with van der Waals surface area (Å²) in [7, 11) is 1.82. The van der Waals surface area contributed by atoms with E-state index in [1.165, 1.54) is 32.1 Å². The number of nitrogens with zero attached hydrogens (tertiary/aromatic N) is 3. The van der Waals surface area contributed by atoms with Gasteiger partial charge >= 0.3 is 0 Å². The van der Waals surface area contributed by atoms with Crippen LogP contribution in [-0.4, -0.2) is 49.6 Å². The van der Waals surface area contributed by atoms with Gasteiger partial charge in [0.15, 0.2) is 5.82 Å². The molecule has 0 radical (unpaired) electrons. The van der Waals surface area contributed by atoms with Crippen molar-refractivity contribution >= 4 is 17.7 Å². The van der Waals surface area contributed by atoms with Crippen LogP contribution >= 0.6 is 0 Å². The third kappa shape index (κ3) is 5.55. The monoisotopic (exact) mass is 385 g/mol. The Morgan fingerprint density at radius 1 is 1.32 bits per heavy atom. The molecule has 154 valence electrons. The van der Waals surface area contributed by atoms with E-state index in [1.807, 2.05) is 33.2 Å². The number of aliphatic imine (C=N–C) groups is 1. The number of aryl methyl sites for hydroxylation is 1. The number of pyridine rings is 1. The second-order valence-corrected chi connectivity index (χ2v) is 8.16. The summed E-state index contributed by atoms with van der Waals surface area (Å²) in [6.07, 6.45) is 13.3. The molecule has 1 aliphatic heterocycles. The van der Waals surface area contributed by atoms with Gasteiger partial charge < -0.3 is 20.7 Å². The fourth-order valence-corrected chi connectivity index (χ4v) is 4.23. The Morgan fingerprint density at radius 2 is 2.11 bits per heavy atom. The first-order valence-corrected chi connectivity index (χ1v) is 10.5. The Hall–Kier alpha value is -1.92. The molecule has 1 aromatic heterocycles. The molecule has 1 aromatic rings. The summed E-state index contributed by atoms with van der Waals surface area (Å²) in [6, 6.07) is 3.13. The summed E-state index contributed by atoms with van der Waals surface area (Å²) in [6.45, 7) is 5.67. The standard InChI is InChI=1S/C22H35N5O/c1-16-13-20(24-11-9-17(2)23)22(25-14-16)27-12-10-19(21(15-27)28-3)26-18-7-5-4-6-8-18/h9,11,13-14,18-19,21,26H,4-8,10,12,15,23H2,1-3H3/b17-9-,24-11?/t19-,21+/m1/s1. The molecule has 2 atom stereocenters. The molecule has 1 aliphatic carbocycles. The number of hydrogen-bond donors (Lipinski definition) is 2. The normalized spacial score (nSPS) is 24.8. The molecule has 6 nitrogen and oxygen atoms in total. The zero-order chi connectivity index (χ0) is 19.9. The molecule has 2 aliphatic rings. The SMILES string of the molecule is CO[C@H]1CN(c2ncc(C)cc2N=C/C=C(/C)N)CC[C@H]1NC1CCCCC1. The van der Waals surface area contributed by atoms with Gasteiger partial charge in [-0.1, -0.05) is 19.3 Å². The van der Waals surface area contributed by atoms with Gasteiger partial charge in [-0.15, -0.1) is 0 Å². The van der Waals surface area contributed by atoms with Crippen molar-refractivity contribution in [3.63, 3.8) is 0 Å². The second-order valence-electron chi connectivity index (χ2n) is 8.16. The van der Waals surface area contributed by atoms with Crippen LogP contribution in [0.4, 0.5) is 11.5 Å². The summed E-state index contributed by atoms with van der Waals surface area (Å²) in [5.74, 6) is 0.920. The van der Waals surface area contributed by atoms with E-state index in [4.69, 9.17) is 15.5 Å². The Kier molecular flexibility index (Phi) is 7.45. The number of hydrogen-bond acceptors (Lipinski definition) is 6. The first kappa shape index (κ1) is 20.8. The highest BCUT2D eigenvalue weighted by Crippen LogP contribution is 2.30. The fourth-order valence-electron chi connectivity index (χ4n) is 4.23. The van der Waals surface area contributed by atoms with Crippen LogP contribution in [0.15, 0.2) is 29.0 Å². The smallest absolute Gasteiger partial charge is 0.154 e. The van der Waals surface area contributed by atoms with E-state index in [0.717, 1.165) is 42.3 Å². The topological polar surface area (TPSA) is 75.8 Å². The highest BCUT2D eigenvalue weighted by molar-refractivity contribution is 5.78. The molecule has 6 heteroatoms. The van der Waals surface area contributed by atoms with Gasteiger partial charge in [0.25, 0.3) is 0 Å². The molecule has 2 fully saturated rings. The Balaban J connectivity index is 1.71. The zero-order valence-corrected chi connectivity index (χ0v) is 17.5. The van der Waals surface area contributed by atoms with Gasteiger partial charge in [0.1, 0.15) is 5.69 Å². The number of piperidine rings is 1. The number of rotatable bonds is 6. The van der Waals surface area contributed by atoms with Crippen molar-refractivity contribution < 1.29 is 4.74 Å². The van der Waals surface area contributed by atoms with Crippen LogP contribution in [0.1, 0.15) is 51.0 Å². The Bertz CT molecular complexity index is 692. The van der Waals surface area contributed by atoms with Gasteiger partial charge in [-0.05, 0) is 50.8 Å². The molecule has 0 unspecified atom stereocenters. The number of methoxy groups -OCH3 is 1. The van der Waals surface area contributed by atoms with Gasteiger partial charge in [-0.2, -0.15) is 0 Å². The predicted octanol–water partition coefficient (Wildman–Crippen LogP) is 3.47. The fraction of sp³-hybridized carbons (Fsp3) is 0.636. The van der Waals surface area contributed by atoms with Crippen molar-refractivity contribution in [1.82, 2.24) is 10.3 Å². The lowest BCUT2D eigenvalue weighted by Gasteiger charge is -2.41. The molecule has 0 bridgehead atoms. The van der Waals surface area contributed by atoms with Gasteiger partial charge in [0.05, 0.1) is 6.10 Å². The number of allylic oxidation sites excluding steroid dienone is 2. The van der Waals surface area contributed by atoms with E-state index in [9.17, 15) is 0 Å². The molecule has 28 heavy (non-hydrogen) atoms. The third-order valence-corrected chi connectivity index (χ3v) is 5.75. The maximum absolute atomic E-state index is 5.88. The largest absolute Gasteiger partial charge is 0.402 e. The number of anilines is 1. The molecule has 2 heterocycles. The van der Waals surface area contributed by atoms with Crippen molar-refractivity contribution in [3.8, 4) is 0 Å². The van der Waals surface area contributed by atoms with Crippen molar-refractivity contribution in [2.45, 2.75) is 70.6 Å². The number of aromatic nitrogens is 1. The van der Waals surface area contributed by atoms with Crippen LogP contribution in [-0.2, 0) is 4.74 Å². The van der Waals surface area contributed by atoms with E-state index in [1.54, 1.807) is 6.21 Å². The molecule has 0 aromatic carbocycles.